The number of imidazole rings is 1. The lowest BCUT2D eigenvalue weighted by Crippen LogP contribution is -2.44. The van der Waals surface area contributed by atoms with Crippen molar-refractivity contribution in [1.29, 1.82) is 5.26 Å². The molecule has 0 radical (unpaired) electrons. The van der Waals surface area contributed by atoms with Crippen molar-refractivity contribution in [2.75, 3.05) is 18.4 Å². The molecule has 166 valence electrons. The Morgan fingerprint density at radius 3 is 2.56 bits per heavy atom. The molecule has 1 aliphatic heterocycles. The average Bonchev–Trinajstić information content (AvgIpc) is 3.10. The van der Waals surface area contributed by atoms with Crippen LogP contribution in [0, 0.1) is 11.3 Å². The van der Waals surface area contributed by atoms with Crippen molar-refractivity contribution in [3.63, 3.8) is 0 Å². The number of benzene rings is 2. The van der Waals surface area contributed by atoms with Crippen LogP contribution in [0.1, 0.15) is 44.7 Å². The van der Waals surface area contributed by atoms with E-state index in [0.717, 1.165) is 35.4 Å². The van der Waals surface area contributed by atoms with E-state index in [4.69, 9.17) is 9.72 Å². The van der Waals surface area contributed by atoms with Crippen molar-refractivity contribution in [3.8, 4) is 6.07 Å². The minimum absolute atomic E-state index is 0.204. The van der Waals surface area contributed by atoms with Crippen molar-refractivity contribution < 1.29 is 9.53 Å². The van der Waals surface area contributed by atoms with Crippen LogP contribution in [0.2, 0.25) is 0 Å². The molecular formula is C25H29N5O2. The van der Waals surface area contributed by atoms with Gasteiger partial charge in [-0.1, -0.05) is 30.3 Å². The van der Waals surface area contributed by atoms with Crippen LogP contribution >= 0.6 is 0 Å². The third-order valence-electron chi connectivity index (χ3n) is 5.60. The van der Waals surface area contributed by atoms with Crippen molar-refractivity contribution in [3.05, 3.63) is 59.7 Å². The third kappa shape index (κ3) is 4.86. The van der Waals surface area contributed by atoms with Gasteiger partial charge in [0.2, 0.25) is 5.95 Å². The first-order chi connectivity index (χ1) is 15.3. The molecule has 4 rings (SSSR count). The Bertz CT molecular complexity index is 1150. The Hall–Kier alpha value is -3.53. The van der Waals surface area contributed by atoms with Crippen molar-refractivity contribution in [1.82, 2.24) is 14.5 Å². The van der Waals surface area contributed by atoms with Gasteiger partial charge in [-0.2, -0.15) is 5.26 Å². The fourth-order valence-electron chi connectivity index (χ4n) is 4.00. The fourth-order valence-corrected chi connectivity index (χ4v) is 4.00. The molecule has 3 aromatic rings. The molecule has 0 aliphatic carbocycles. The monoisotopic (exact) mass is 431 g/mol. The molecule has 0 unspecified atom stereocenters. The van der Waals surface area contributed by atoms with Crippen molar-refractivity contribution in [2.24, 2.45) is 0 Å². The number of nitrogens with zero attached hydrogens (tertiary/aromatic N) is 4. The summed E-state index contributed by atoms with van der Waals surface area (Å²) in [6.07, 6.45) is 1.38. The highest BCUT2D eigenvalue weighted by molar-refractivity contribution is 5.79. The van der Waals surface area contributed by atoms with Gasteiger partial charge in [0.15, 0.2) is 0 Å². The lowest BCUT2D eigenvalue weighted by molar-refractivity contribution is 0.0210. The van der Waals surface area contributed by atoms with Crippen LogP contribution in [0.3, 0.4) is 0 Å². The molecule has 1 saturated heterocycles. The molecule has 0 saturated carbocycles. The molecule has 7 nitrogen and oxygen atoms in total. The van der Waals surface area contributed by atoms with E-state index < -0.39 is 5.60 Å². The van der Waals surface area contributed by atoms with Gasteiger partial charge in [-0.05, 0) is 57.4 Å². The molecule has 0 atom stereocenters. The van der Waals surface area contributed by atoms with Crippen LogP contribution in [0.5, 0.6) is 0 Å². The number of fused-ring (bicyclic) bond motifs is 1. The van der Waals surface area contributed by atoms with Crippen molar-refractivity contribution >= 4 is 23.1 Å². The maximum absolute atomic E-state index is 12.4. The van der Waals surface area contributed by atoms with Crippen LogP contribution in [-0.4, -0.2) is 45.3 Å². The van der Waals surface area contributed by atoms with E-state index in [2.05, 4.69) is 16.0 Å². The molecule has 1 aromatic heterocycles. The van der Waals surface area contributed by atoms with E-state index in [1.165, 1.54) is 0 Å². The van der Waals surface area contributed by atoms with Gasteiger partial charge in [-0.15, -0.1) is 0 Å². The topological polar surface area (TPSA) is 83.2 Å². The second-order valence-electron chi connectivity index (χ2n) is 9.17. The number of carbonyl (C=O) groups excluding carboxylic acids is 1. The fraction of sp³-hybridized carbons (Fsp3) is 0.400. The number of nitrogens with one attached hydrogen (secondary N) is 1. The molecular weight excluding hydrogens is 402 g/mol. The number of anilines is 1. The smallest absolute Gasteiger partial charge is 0.410 e. The Morgan fingerprint density at radius 2 is 1.84 bits per heavy atom. The van der Waals surface area contributed by atoms with E-state index >= 15 is 0 Å². The lowest BCUT2D eigenvalue weighted by atomic mass is 10.1. The number of nitriles is 1. The molecule has 1 N–H and O–H groups in total. The highest BCUT2D eigenvalue weighted by Gasteiger charge is 2.27. The zero-order valence-corrected chi connectivity index (χ0v) is 18.8. The highest BCUT2D eigenvalue weighted by Crippen LogP contribution is 2.25. The molecule has 2 heterocycles. The van der Waals surface area contributed by atoms with Crippen molar-refractivity contribution in [2.45, 2.75) is 51.8 Å². The maximum Gasteiger partial charge on any atom is 0.410 e. The minimum Gasteiger partial charge on any atom is -0.444 e. The predicted octanol–water partition coefficient (Wildman–Crippen LogP) is 4.77. The Kier molecular flexibility index (Phi) is 6.04. The molecule has 7 heteroatoms. The second kappa shape index (κ2) is 8.91. The van der Waals surface area contributed by atoms with Crippen LogP contribution in [0.25, 0.3) is 11.0 Å². The third-order valence-corrected chi connectivity index (χ3v) is 5.60. The van der Waals surface area contributed by atoms with Crippen LogP contribution in [0.4, 0.5) is 10.7 Å². The van der Waals surface area contributed by atoms with Gasteiger partial charge in [0.1, 0.15) is 5.60 Å². The van der Waals surface area contributed by atoms with Gasteiger partial charge < -0.3 is 19.5 Å². The first kappa shape index (κ1) is 21.7. The number of aromatic nitrogens is 2. The maximum atomic E-state index is 12.4. The molecule has 0 spiro atoms. The van der Waals surface area contributed by atoms with E-state index in [1.807, 2.05) is 69.3 Å². The number of ether oxygens (including phenoxy) is 1. The summed E-state index contributed by atoms with van der Waals surface area (Å²) in [6.45, 7) is 7.49. The highest BCUT2D eigenvalue weighted by atomic mass is 16.6. The summed E-state index contributed by atoms with van der Waals surface area (Å²) in [4.78, 5) is 19.0. The normalized spacial score (nSPS) is 14.9. The molecule has 0 bridgehead atoms. The number of carbonyl (C=O) groups is 1. The zero-order chi connectivity index (χ0) is 22.7. The van der Waals surface area contributed by atoms with Gasteiger partial charge in [-0.3, -0.25) is 0 Å². The molecule has 32 heavy (non-hydrogen) atoms. The number of rotatable bonds is 4. The molecule has 2 aromatic carbocycles. The van der Waals surface area contributed by atoms with E-state index in [9.17, 15) is 10.1 Å². The van der Waals surface area contributed by atoms with Gasteiger partial charge in [0.25, 0.3) is 0 Å². The van der Waals surface area contributed by atoms with Crippen LogP contribution < -0.4 is 5.32 Å². The first-order valence-electron chi connectivity index (χ1n) is 11.0. The molecule has 1 aliphatic rings. The quantitative estimate of drug-likeness (QED) is 0.643. The summed E-state index contributed by atoms with van der Waals surface area (Å²) in [5, 5.41) is 13.1. The van der Waals surface area contributed by atoms with Gasteiger partial charge in [0.05, 0.1) is 29.2 Å². The lowest BCUT2D eigenvalue weighted by Gasteiger charge is -2.34. The number of para-hydroxylation sites is 2. The summed E-state index contributed by atoms with van der Waals surface area (Å²) in [5.74, 6) is 0.787. The predicted molar refractivity (Wildman–Crippen MR) is 124 cm³/mol. The number of hydrogen-bond acceptors (Lipinski definition) is 5. The average molecular weight is 432 g/mol. The summed E-state index contributed by atoms with van der Waals surface area (Å²) in [5.41, 5.74) is 3.07. The van der Waals surface area contributed by atoms with Crippen LogP contribution in [-0.2, 0) is 11.3 Å². The Balaban J connectivity index is 1.51. The number of hydrogen-bond donors (Lipinski definition) is 1. The summed E-state index contributed by atoms with van der Waals surface area (Å²) in [6, 6.07) is 18.2. The second-order valence-corrected chi connectivity index (χ2v) is 9.17. The molecule has 1 fully saturated rings. The van der Waals surface area contributed by atoms with Crippen LogP contribution in [0.15, 0.2) is 48.5 Å². The largest absolute Gasteiger partial charge is 0.444 e. The SMILES string of the molecule is CC(C)(C)OC(=O)N1CCC(Nc2nc3ccccc3n2Cc2ccccc2C#N)CC1. The summed E-state index contributed by atoms with van der Waals surface area (Å²) >= 11 is 0. The van der Waals surface area contributed by atoms with Gasteiger partial charge in [-0.25, -0.2) is 9.78 Å². The first-order valence-corrected chi connectivity index (χ1v) is 11.0. The molecule has 1 amide bonds. The van der Waals surface area contributed by atoms with E-state index in [1.54, 1.807) is 4.90 Å². The Labute approximate surface area is 188 Å². The number of likely N-dealkylation sites (tertiary alicyclic amines) is 1. The number of piperidine rings is 1. The number of amides is 1. The van der Waals surface area contributed by atoms with E-state index in [-0.39, 0.29) is 12.1 Å². The van der Waals surface area contributed by atoms with E-state index in [0.29, 0.717) is 25.2 Å². The van der Waals surface area contributed by atoms with Gasteiger partial charge >= 0.3 is 6.09 Å². The minimum atomic E-state index is -0.489. The standard InChI is InChI=1S/C25H29N5O2/c1-25(2,3)32-24(31)29-14-12-20(13-15-29)27-23-28-21-10-6-7-11-22(21)30(23)17-19-9-5-4-8-18(19)16-26/h4-11,20H,12-15,17H2,1-3H3,(H,27,28). The van der Waals surface area contributed by atoms with Gasteiger partial charge in [0, 0.05) is 19.1 Å². The summed E-state index contributed by atoms with van der Waals surface area (Å²) in [7, 11) is 0. The Morgan fingerprint density at radius 1 is 1.16 bits per heavy atom. The summed E-state index contributed by atoms with van der Waals surface area (Å²) < 4.78 is 7.63. The zero-order valence-electron chi connectivity index (χ0n) is 18.8.